The van der Waals surface area contributed by atoms with Crippen LogP contribution in [0.3, 0.4) is 0 Å². The van der Waals surface area contributed by atoms with E-state index in [2.05, 4.69) is 24.2 Å². The Bertz CT molecular complexity index is 798. The summed E-state index contributed by atoms with van der Waals surface area (Å²) in [7, 11) is 0. The number of amides is 1. The molecule has 0 atom stereocenters. The van der Waals surface area contributed by atoms with Gasteiger partial charge in [-0.15, -0.1) is 10.2 Å². The van der Waals surface area contributed by atoms with E-state index in [0.717, 1.165) is 22.7 Å². The number of halogens is 2. The number of nitrogens with zero attached hydrogens (tertiary/aromatic N) is 4. The van der Waals surface area contributed by atoms with Gasteiger partial charge in [-0.3, -0.25) is 4.79 Å². The Labute approximate surface area is 130 Å². The first-order chi connectivity index (χ1) is 9.56. The monoisotopic (exact) mass is 346 g/mol. The van der Waals surface area contributed by atoms with E-state index in [4.69, 9.17) is 28.9 Å². The Morgan fingerprint density at radius 1 is 1.20 bits per heavy atom. The topological polar surface area (TPSA) is 106 Å². The Hall–Kier alpha value is -1.55. The van der Waals surface area contributed by atoms with Crippen molar-refractivity contribution in [2.24, 2.45) is 8.73 Å². The summed E-state index contributed by atoms with van der Waals surface area (Å²) in [6.07, 6.45) is 0. The first kappa shape index (κ1) is 13.4. The van der Waals surface area contributed by atoms with Crippen molar-refractivity contribution in [3.8, 4) is 0 Å². The molecule has 1 aromatic carbocycles. The molecule has 2 aromatic rings. The maximum Gasteiger partial charge on any atom is 0.286 e. The zero-order valence-corrected chi connectivity index (χ0v) is 12.6. The van der Waals surface area contributed by atoms with Crippen LogP contribution in [-0.2, 0) is 11.4 Å². The molecule has 0 saturated carbocycles. The minimum atomic E-state index is -0.474. The second kappa shape index (κ2) is 5.09. The first-order valence-corrected chi connectivity index (χ1v) is 7.37. The standard InChI is InChI=1S/C9H4Cl2N6OS2/c10-2-1-3(11)5-6(17-20-16-5)4(2)13-7(18)8-14-15-9(12)19-8/h1H,(H2,12,15)(H,13,18). The Balaban J connectivity index is 1.98. The number of nitrogens with one attached hydrogen (secondary N) is 1. The highest BCUT2D eigenvalue weighted by molar-refractivity contribution is 7.58. The molecule has 1 amide bonds. The van der Waals surface area contributed by atoms with Crippen molar-refractivity contribution in [3.05, 3.63) is 21.1 Å². The van der Waals surface area contributed by atoms with Gasteiger partial charge in [-0.2, -0.15) is 8.73 Å². The number of anilines is 2. The van der Waals surface area contributed by atoms with Crippen LogP contribution in [0.2, 0.25) is 10.0 Å². The molecular weight excluding hydrogens is 343 g/mol. The largest absolute Gasteiger partial charge is 0.374 e. The molecule has 11 heteroatoms. The number of benzene rings is 1. The summed E-state index contributed by atoms with van der Waals surface area (Å²) in [5.41, 5.74) is 6.68. The second-order valence-corrected chi connectivity index (χ2v) is 5.93. The number of carbonyl (C=O) groups excluding carboxylic acids is 1. The van der Waals surface area contributed by atoms with E-state index < -0.39 is 5.91 Å². The van der Waals surface area contributed by atoms with Crippen molar-refractivity contribution in [3.63, 3.8) is 0 Å². The number of fused-ring (bicyclic) bond motifs is 1. The van der Waals surface area contributed by atoms with Crippen molar-refractivity contribution in [1.82, 2.24) is 10.2 Å². The highest BCUT2D eigenvalue weighted by atomic mass is 35.5. The molecule has 1 aromatic heterocycles. The van der Waals surface area contributed by atoms with Crippen LogP contribution in [-0.4, -0.2) is 16.1 Å². The smallest absolute Gasteiger partial charge is 0.286 e. The lowest BCUT2D eigenvalue weighted by Gasteiger charge is -2.09. The molecule has 0 unspecified atom stereocenters. The number of nitrogens with two attached hydrogens (primary N) is 1. The van der Waals surface area contributed by atoms with Crippen LogP contribution in [0, 0.1) is 0 Å². The average molecular weight is 347 g/mol. The van der Waals surface area contributed by atoms with Gasteiger partial charge in [-0.05, 0) is 6.07 Å². The molecule has 1 aliphatic rings. The van der Waals surface area contributed by atoms with Gasteiger partial charge in [0.25, 0.3) is 5.91 Å². The summed E-state index contributed by atoms with van der Waals surface area (Å²) in [6.45, 7) is 0. The van der Waals surface area contributed by atoms with Crippen molar-refractivity contribution in [2.45, 2.75) is 0 Å². The van der Waals surface area contributed by atoms with Gasteiger partial charge in [-0.25, -0.2) is 0 Å². The van der Waals surface area contributed by atoms with Crippen molar-refractivity contribution in [1.29, 1.82) is 0 Å². The number of aromatic nitrogens is 2. The molecule has 0 radical (unpaired) electrons. The van der Waals surface area contributed by atoms with Gasteiger partial charge >= 0.3 is 0 Å². The minimum absolute atomic E-state index is 0.129. The van der Waals surface area contributed by atoms with Crippen molar-refractivity contribution < 1.29 is 4.79 Å². The lowest BCUT2D eigenvalue weighted by Crippen LogP contribution is -2.12. The number of rotatable bonds is 2. The van der Waals surface area contributed by atoms with Gasteiger partial charge in [0.2, 0.25) is 10.1 Å². The third-order valence-electron chi connectivity index (χ3n) is 2.32. The van der Waals surface area contributed by atoms with Crippen LogP contribution in [0.25, 0.3) is 0 Å². The molecule has 1 aliphatic heterocycles. The van der Waals surface area contributed by atoms with E-state index in [1.807, 2.05) is 0 Å². The summed E-state index contributed by atoms with van der Waals surface area (Å²) in [5.74, 6) is -0.474. The summed E-state index contributed by atoms with van der Waals surface area (Å²) in [4.78, 5) is 12.0. The second-order valence-electron chi connectivity index (χ2n) is 3.58. The SMILES string of the molecule is Nc1nnc(C(=O)Nc2c(Cl)cc(Cl)c3c2N=S=N3)s1. The molecule has 0 fully saturated rings. The zero-order valence-electron chi connectivity index (χ0n) is 9.42. The lowest BCUT2D eigenvalue weighted by atomic mass is 10.2. The molecule has 0 spiro atoms. The molecular formula is C9H4Cl2N6OS2. The van der Waals surface area contributed by atoms with Crippen LogP contribution in [0.15, 0.2) is 14.8 Å². The van der Waals surface area contributed by atoms with E-state index in [1.54, 1.807) is 0 Å². The normalized spacial score (nSPS) is 12.1. The maximum absolute atomic E-state index is 12.0. The highest BCUT2D eigenvalue weighted by Crippen LogP contribution is 2.47. The third-order valence-corrected chi connectivity index (χ3v) is 4.18. The predicted molar refractivity (Wildman–Crippen MR) is 80.3 cm³/mol. The average Bonchev–Trinajstić information content (AvgIpc) is 3.02. The molecule has 102 valence electrons. The van der Waals surface area contributed by atoms with Crippen LogP contribution in [0.5, 0.6) is 0 Å². The Morgan fingerprint density at radius 3 is 2.65 bits per heavy atom. The molecule has 0 saturated heterocycles. The number of hydrogen-bond acceptors (Lipinski definition) is 7. The number of hydrogen-bond donors (Lipinski definition) is 2. The molecule has 0 aliphatic carbocycles. The van der Waals surface area contributed by atoms with Crippen molar-refractivity contribution >= 4 is 74.0 Å². The van der Waals surface area contributed by atoms with E-state index in [-0.39, 0.29) is 15.2 Å². The quantitative estimate of drug-likeness (QED) is 0.741. The predicted octanol–water partition coefficient (Wildman–Crippen LogP) is 3.41. The molecule has 2 heterocycles. The molecule has 3 rings (SSSR count). The van der Waals surface area contributed by atoms with Gasteiger partial charge in [0.1, 0.15) is 11.4 Å². The van der Waals surface area contributed by atoms with Gasteiger partial charge in [0.05, 0.1) is 27.1 Å². The Morgan fingerprint density at radius 2 is 1.95 bits per heavy atom. The van der Waals surface area contributed by atoms with Crippen molar-refractivity contribution in [2.75, 3.05) is 11.1 Å². The Kier molecular flexibility index (Phi) is 3.42. The van der Waals surface area contributed by atoms with Gasteiger partial charge < -0.3 is 11.1 Å². The van der Waals surface area contributed by atoms with Crippen LogP contribution >= 0.6 is 34.5 Å². The van der Waals surface area contributed by atoms with Gasteiger partial charge in [0, 0.05) is 0 Å². The third kappa shape index (κ3) is 2.29. The van der Waals surface area contributed by atoms with E-state index in [0.29, 0.717) is 22.1 Å². The first-order valence-electron chi connectivity index (χ1n) is 5.07. The van der Waals surface area contributed by atoms with Crippen LogP contribution in [0.4, 0.5) is 22.2 Å². The van der Waals surface area contributed by atoms with Gasteiger partial charge in [-0.1, -0.05) is 34.5 Å². The summed E-state index contributed by atoms with van der Waals surface area (Å²) in [5, 5.41) is 10.8. The van der Waals surface area contributed by atoms with E-state index >= 15 is 0 Å². The van der Waals surface area contributed by atoms with E-state index in [9.17, 15) is 4.79 Å². The highest BCUT2D eigenvalue weighted by Gasteiger charge is 2.22. The van der Waals surface area contributed by atoms with E-state index in [1.165, 1.54) is 6.07 Å². The zero-order chi connectivity index (χ0) is 14.3. The summed E-state index contributed by atoms with van der Waals surface area (Å²) < 4.78 is 8.13. The van der Waals surface area contributed by atoms with Gasteiger partial charge in [0.15, 0.2) is 0 Å². The number of carbonyl (C=O) groups is 1. The molecule has 20 heavy (non-hydrogen) atoms. The molecule has 0 bridgehead atoms. The minimum Gasteiger partial charge on any atom is -0.374 e. The van der Waals surface area contributed by atoms with Crippen LogP contribution < -0.4 is 11.1 Å². The maximum atomic E-state index is 12.0. The summed E-state index contributed by atoms with van der Waals surface area (Å²) >= 11 is 14.0. The number of nitrogen functional groups attached to an aromatic ring is 1. The summed E-state index contributed by atoms with van der Waals surface area (Å²) in [6, 6.07) is 1.50. The molecule has 7 nitrogen and oxygen atoms in total. The fraction of sp³-hybridized carbons (Fsp3) is 0. The fourth-order valence-electron chi connectivity index (χ4n) is 1.49. The molecule has 3 N–H and O–H groups in total. The van der Waals surface area contributed by atoms with Crippen LogP contribution in [0.1, 0.15) is 9.80 Å². The lowest BCUT2D eigenvalue weighted by molar-refractivity contribution is 0.102. The fourth-order valence-corrected chi connectivity index (χ4v) is 3.15.